The summed E-state index contributed by atoms with van der Waals surface area (Å²) >= 11 is 0. The molecule has 0 spiro atoms. The van der Waals surface area contributed by atoms with Gasteiger partial charge in [-0.1, -0.05) is 0 Å². The largest absolute Gasteiger partial charge is 1.00 e. The molecule has 0 unspecified atom stereocenters. The van der Waals surface area contributed by atoms with E-state index in [1.54, 1.807) is 0 Å². The third-order valence-electron chi connectivity index (χ3n) is 4.87. The summed E-state index contributed by atoms with van der Waals surface area (Å²) in [5, 5.41) is 24.6. The van der Waals surface area contributed by atoms with Gasteiger partial charge in [0.1, 0.15) is 0 Å². The van der Waals surface area contributed by atoms with Crippen LogP contribution in [0.2, 0.25) is 0 Å². The summed E-state index contributed by atoms with van der Waals surface area (Å²) in [6, 6.07) is 0. The van der Waals surface area contributed by atoms with Crippen LogP contribution in [0.5, 0.6) is 0 Å². The molecule has 0 aromatic carbocycles. The average Bonchev–Trinajstić information content (AvgIpc) is 2.76. The SMILES string of the molecule is O=C(N1CCCN(C(=O)C(F)(F)F)CCN(/[N+]([O-])=N/[O-])CCCN(C(=O)C(F)(F)F)CC1)C(F)(F)F.[Na+]. The summed E-state index contributed by atoms with van der Waals surface area (Å²) in [7, 11) is 0. The molecule has 1 heterocycles. The predicted molar refractivity (Wildman–Crippen MR) is 98.1 cm³/mol. The fourth-order valence-corrected chi connectivity index (χ4v) is 3.19. The molecule has 3 amide bonds. The summed E-state index contributed by atoms with van der Waals surface area (Å²) in [6.07, 6.45) is -17.5. The first-order valence-electron chi connectivity index (χ1n) is 10.0. The van der Waals surface area contributed by atoms with Gasteiger partial charge in [-0.25, -0.2) is 0 Å². The van der Waals surface area contributed by atoms with Gasteiger partial charge < -0.3 is 25.1 Å². The first-order valence-corrected chi connectivity index (χ1v) is 10.0. The molecule has 1 aliphatic rings. The molecule has 1 rings (SSSR count). The number of hydrazine groups is 1. The normalized spacial score (nSPS) is 18.1. The van der Waals surface area contributed by atoms with Crippen molar-refractivity contribution < 1.29 is 88.4 Å². The zero-order valence-corrected chi connectivity index (χ0v) is 21.2. The zero-order chi connectivity index (χ0) is 27.9. The molecule has 0 N–H and O–H groups in total. The molecule has 208 valence electrons. The summed E-state index contributed by atoms with van der Waals surface area (Å²) in [5.41, 5.74) is 0. The number of amides is 3. The Morgan fingerprint density at radius 3 is 1.19 bits per heavy atom. The molecule has 0 saturated carbocycles. The van der Waals surface area contributed by atoms with Crippen molar-refractivity contribution in [3.8, 4) is 0 Å². The first kappa shape index (κ1) is 34.8. The van der Waals surface area contributed by atoms with Crippen LogP contribution in [0, 0.1) is 10.4 Å². The van der Waals surface area contributed by atoms with Crippen LogP contribution in [0.4, 0.5) is 39.5 Å². The van der Waals surface area contributed by atoms with E-state index in [4.69, 9.17) is 0 Å². The van der Waals surface area contributed by atoms with Crippen LogP contribution in [-0.2, 0) is 14.4 Å². The second kappa shape index (κ2) is 14.1. The second-order valence-corrected chi connectivity index (χ2v) is 7.37. The average molecular weight is 570 g/mol. The Hall–Kier alpha value is -2.22. The summed E-state index contributed by atoms with van der Waals surface area (Å²) in [4.78, 5) is 34.7. The van der Waals surface area contributed by atoms with Gasteiger partial charge in [0.25, 0.3) is 0 Å². The topological polar surface area (TPSA) is 126 Å². The molecule has 11 nitrogen and oxygen atoms in total. The van der Waals surface area contributed by atoms with Crippen LogP contribution >= 0.6 is 0 Å². The molecule has 1 fully saturated rings. The Balaban J connectivity index is 0.0000130. The van der Waals surface area contributed by atoms with Crippen LogP contribution < -0.4 is 29.6 Å². The standard InChI is InChI=1S/C16H21F9N6O5.Na/c17-14(18,19)11(32)27-3-1-4-29(13(34)16(23,24)25)9-10-30(31(36)26-35)6-2-5-28(8-7-27)12(33)15(20,21)22;/h35H,1-10H2;/q;+1/p-1/b31-26-;. The third-order valence-corrected chi connectivity index (χ3v) is 4.87. The minimum absolute atomic E-state index is 0. The maximum Gasteiger partial charge on any atom is 1.00 e. The number of carbonyl (C=O) groups excluding carboxylic acids is 3. The van der Waals surface area contributed by atoms with Gasteiger partial charge in [0.15, 0.2) is 0 Å². The van der Waals surface area contributed by atoms with Crippen LogP contribution in [0.15, 0.2) is 5.28 Å². The summed E-state index contributed by atoms with van der Waals surface area (Å²) in [5.74, 6) is -7.37. The van der Waals surface area contributed by atoms with Gasteiger partial charge in [0.05, 0.1) is 13.1 Å². The molecule has 0 atom stereocenters. The molecule has 0 aromatic heterocycles. The quantitative estimate of drug-likeness (QED) is 0.126. The Morgan fingerprint density at radius 2 is 0.892 bits per heavy atom. The molecule has 37 heavy (non-hydrogen) atoms. The van der Waals surface area contributed by atoms with Crippen LogP contribution in [-0.4, -0.2) is 113 Å². The number of halogens is 9. The van der Waals surface area contributed by atoms with Crippen molar-refractivity contribution in [3.63, 3.8) is 0 Å². The van der Waals surface area contributed by atoms with Crippen molar-refractivity contribution in [2.45, 2.75) is 31.4 Å². The maximum absolute atomic E-state index is 12.9. The molecule has 0 aliphatic carbocycles. The number of rotatable bonds is 1. The minimum Gasteiger partial charge on any atom is -0.737 e. The van der Waals surface area contributed by atoms with E-state index in [-0.39, 0.29) is 44.3 Å². The van der Waals surface area contributed by atoms with Crippen molar-refractivity contribution in [1.29, 1.82) is 0 Å². The van der Waals surface area contributed by atoms with E-state index in [1.807, 2.05) is 5.28 Å². The van der Waals surface area contributed by atoms with Crippen molar-refractivity contribution in [1.82, 2.24) is 19.7 Å². The van der Waals surface area contributed by atoms with Gasteiger partial charge in [0.2, 0.25) is 0 Å². The summed E-state index contributed by atoms with van der Waals surface area (Å²) in [6.45, 7) is -7.01. The van der Waals surface area contributed by atoms with E-state index in [9.17, 15) is 64.3 Å². The minimum atomic E-state index is -5.48. The Morgan fingerprint density at radius 1 is 0.595 bits per heavy atom. The van der Waals surface area contributed by atoms with E-state index in [0.717, 1.165) is 0 Å². The molecule has 0 bridgehead atoms. The van der Waals surface area contributed by atoms with E-state index < -0.39 is 106 Å². The van der Waals surface area contributed by atoms with E-state index in [0.29, 0.717) is 5.01 Å². The molecule has 1 aliphatic heterocycles. The fourth-order valence-electron chi connectivity index (χ4n) is 3.19. The van der Waals surface area contributed by atoms with E-state index >= 15 is 0 Å². The van der Waals surface area contributed by atoms with E-state index in [1.165, 1.54) is 0 Å². The number of hydrogen-bond donors (Lipinski definition) is 0. The van der Waals surface area contributed by atoms with Gasteiger partial charge >= 0.3 is 65.8 Å². The smallest absolute Gasteiger partial charge is 0.737 e. The molecule has 0 aromatic rings. The third kappa shape index (κ3) is 11.0. The van der Waals surface area contributed by atoms with Gasteiger partial charge in [-0.2, -0.15) is 39.5 Å². The number of nitrogens with zero attached hydrogens (tertiary/aromatic N) is 6. The molecule has 1 saturated heterocycles. The number of hydrogen-bond acceptors (Lipinski definition) is 6. The molecule has 21 heteroatoms. The van der Waals surface area contributed by atoms with Crippen LogP contribution in [0.1, 0.15) is 12.8 Å². The van der Waals surface area contributed by atoms with Crippen molar-refractivity contribution in [2.75, 3.05) is 52.4 Å². The maximum atomic E-state index is 12.9. The molecular formula is C16H20F9N6NaO5. The van der Waals surface area contributed by atoms with Gasteiger partial charge in [-0.05, 0) is 18.1 Å². The second-order valence-electron chi connectivity index (χ2n) is 7.37. The molecule has 0 radical (unpaired) electrons. The van der Waals surface area contributed by atoms with Crippen molar-refractivity contribution in [3.05, 3.63) is 10.4 Å². The first-order chi connectivity index (χ1) is 16.4. The predicted octanol–water partition coefficient (Wildman–Crippen LogP) is -1.37. The van der Waals surface area contributed by atoms with Crippen molar-refractivity contribution >= 4 is 17.7 Å². The van der Waals surface area contributed by atoms with Gasteiger partial charge in [0, 0.05) is 44.2 Å². The monoisotopic (exact) mass is 570 g/mol. The Bertz CT molecular complexity index is 824. The van der Waals surface area contributed by atoms with Crippen LogP contribution in [0.3, 0.4) is 0 Å². The number of alkyl halides is 9. The van der Waals surface area contributed by atoms with Crippen molar-refractivity contribution in [2.24, 2.45) is 5.28 Å². The number of carbonyl (C=O) groups is 3. The van der Waals surface area contributed by atoms with E-state index in [2.05, 4.69) is 0 Å². The summed E-state index contributed by atoms with van der Waals surface area (Å²) < 4.78 is 116. The zero-order valence-electron chi connectivity index (χ0n) is 19.2. The van der Waals surface area contributed by atoms with Gasteiger partial charge in [-0.3, -0.25) is 14.4 Å². The van der Waals surface area contributed by atoms with Gasteiger partial charge in [-0.15, -0.1) is 5.01 Å². The Kier molecular flexibility index (Phi) is 13.2. The van der Waals surface area contributed by atoms with Crippen LogP contribution in [0.25, 0.3) is 0 Å². The fraction of sp³-hybridized carbons (Fsp3) is 0.812. The molecular weight excluding hydrogens is 550 g/mol. The Labute approximate surface area is 225 Å².